The molecule has 30 heavy (non-hydrogen) atoms. The van der Waals surface area contributed by atoms with Gasteiger partial charge in [0, 0.05) is 12.1 Å². The lowest BCUT2D eigenvalue weighted by Gasteiger charge is -2.27. The summed E-state index contributed by atoms with van der Waals surface area (Å²) in [5.41, 5.74) is 2.52. The van der Waals surface area contributed by atoms with Gasteiger partial charge < -0.3 is 9.47 Å². The third-order valence-corrected chi connectivity index (χ3v) is 5.54. The Bertz CT molecular complexity index is 1070. The van der Waals surface area contributed by atoms with Crippen molar-refractivity contribution in [1.82, 2.24) is 9.55 Å². The average Bonchev–Trinajstić information content (AvgIpc) is 3.00. The Labute approximate surface area is 177 Å². The third-order valence-electron chi connectivity index (χ3n) is 4.96. The zero-order chi connectivity index (χ0) is 22.3. The van der Waals surface area contributed by atoms with Gasteiger partial charge in [-0.3, -0.25) is 4.72 Å². The fraction of sp³-hybridized carbons (Fsp3) is 0.524. The van der Waals surface area contributed by atoms with Gasteiger partial charge in [-0.1, -0.05) is 6.07 Å². The van der Waals surface area contributed by atoms with Gasteiger partial charge in [0.05, 0.1) is 24.7 Å². The summed E-state index contributed by atoms with van der Waals surface area (Å²) >= 11 is 0. The molecule has 0 spiro atoms. The van der Waals surface area contributed by atoms with E-state index in [9.17, 15) is 13.2 Å². The number of aromatic nitrogens is 2. The molecule has 9 heteroatoms. The maximum atomic E-state index is 12.5. The molecule has 1 unspecified atom stereocenters. The summed E-state index contributed by atoms with van der Waals surface area (Å²) in [7, 11) is -1.95. The lowest BCUT2D eigenvalue weighted by molar-refractivity contribution is 0.0533. The van der Waals surface area contributed by atoms with E-state index in [0.29, 0.717) is 17.3 Å². The molecule has 8 nitrogen and oxygen atoms in total. The number of rotatable bonds is 4. The fourth-order valence-electron chi connectivity index (χ4n) is 3.81. The molecule has 1 aromatic carbocycles. The summed E-state index contributed by atoms with van der Waals surface area (Å²) in [6.45, 7) is 7.22. The zero-order valence-electron chi connectivity index (χ0n) is 18.3. The van der Waals surface area contributed by atoms with Crippen molar-refractivity contribution < 1.29 is 22.7 Å². The summed E-state index contributed by atoms with van der Waals surface area (Å²) in [6.07, 6.45) is 4.81. The molecular formula is C21H29N3O5S. The van der Waals surface area contributed by atoms with E-state index in [1.54, 1.807) is 19.2 Å². The molecule has 0 amide bonds. The topological polar surface area (TPSA) is 99.5 Å². The van der Waals surface area contributed by atoms with E-state index in [1.165, 1.54) is 11.7 Å². The van der Waals surface area contributed by atoms with Gasteiger partial charge in [0.1, 0.15) is 17.2 Å². The van der Waals surface area contributed by atoms with Crippen LogP contribution in [0.5, 0.6) is 5.75 Å². The number of fused-ring (bicyclic) bond motifs is 1. The first kappa shape index (κ1) is 22.1. The molecule has 1 aromatic heterocycles. The SMILES string of the molecule is COc1ccc2c(c1NS(C)(=O)=O)CCCC2c1cn(C(=O)OC(C)(C)C)c(C)n1. The predicted molar refractivity (Wildman–Crippen MR) is 115 cm³/mol. The molecule has 0 radical (unpaired) electrons. The number of nitrogens with zero attached hydrogens (tertiary/aromatic N) is 2. The minimum atomic E-state index is -3.47. The maximum Gasteiger partial charge on any atom is 0.419 e. The number of benzene rings is 1. The van der Waals surface area contributed by atoms with Gasteiger partial charge in [-0.15, -0.1) is 0 Å². The molecule has 2 aromatic rings. The molecule has 1 aliphatic rings. The Kier molecular flexibility index (Phi) is 5.86. The molecule has 0 bridgehead atoms. The Morgan fingerprint density at radius 2 is 2.00 bits per heavy atom. The van der Waals surface area contributed by atoms with Crippen LogP contribution in [0.15, 0.2) is 18.3 Å². The molecule has 1 atom stereocenters. The van der Waals surface area contributed by atoms with Crippen LogP contribution in [-0.4, -0.2) is 43.0 Å². The standard InChI is InChI=1S/C21H29N3O5S/c1-13-22-17(12-24(13)20(25)29-21(2,3)4)15-8-7-9-16-14(15)10-11-18(28-5)19(16)23-30(6,26)27/h10-12,15,23H,7-9H2,1-6H3. The van der Waals surface area contributed by atoms with Crippen molar-refractivity contribution in [1.29, 1.82) is 0 Å². The third kappa shape index (κ3) is 4.77. The van der Waals surface area contributed by atoms with Crippen molar-refractivity contribution in [3.63, 3.8) is 0 Å². The Morgan fingerprint density at radius 3 is 2.60 bits per heavy atom. The van der Waals surface area contributed by atoms with Crippen LogP contribution in [0.3, 0.4) is 0 Å². The first-order valence-electron chi connectivity index (χ1n) is 9.86. The second kappa shape index (κ2) is 7.94. The van der Waals surface area contributed by atoms with Crippen molar-refractivity contribution in [3.8, 4) is 5.75 Å². The van der Waals surface area contributed by atoms with Crippen molar-refractivity contribution >= 4 is 21.8 Å². The number of carbonyl (C=O) groups excluding carboxylic acids is 1. The second-order valence-corrected chi connectivity index (χ2v) is 10.3. The lowest BCUT2D eigenvalue weighted by Crippen LogP contribution is -2.27. The smallest absolute Gasteiger partial charge is 0.419 e. The van der Waals surface area contributed by atoms with E-state index in [2.05, 4.69) is 9.71 Å². The van der Waals surface area contributed by atoms with Crippen LogP contribution in [0, 0.1) is 6.92 Å². The van der Waals surface area contributed by atoms with Crippen molar-refractivity contribution in [2.75, 3.05) is 18.1 Å². The number of imidazole rings is 1. The van der Waals surface area contributed by atoms with Crippen LogP contribution in [0.2, 0.25) is 0 Å². The lowest BCUT2D eigenvalue weighted by atomic mass is 9.80. The quantitative estimate of drug-likeness (QED) is 0.784. The fourth-order valence-corrected chi connectivity index (χ4v) is 4.40. The monoisotopic (exact) mass is 435 g/mol. The van der Waals surface area contributed by atoms with E-state index in [-0.39, 0.29) is 5.92 Å². The maximum absolute atomic E-state index is 12.5. The molecule has 0 saturated carbocycles. The summed E-state index contributed by atoms with van der Waals surface area (Å²) < 4.78 is 38.7. The van der Waals surface area contributed by atoms with Crippen molar-refractivity contribution in [2.45, 2.75) is 58.5 Å². The number of hydrogen-bond donors (Lipinski definition) is 1. The Morgan fingerprint density at radius 1 is 1.30 bits per heavy atom. The van der Waals surface area contributed by atoms with Crippen LogP contribution < -0.4 is 9.46 Å². The number of sulfonamides is 1. The minimum absolute atomic E-state index is 0.0536. The number of anilines is 1. The highest BCUT2D eigenvalue weighted by Crippen LogP contribution is 2.43. The molecule has 0 saturated heterocycles. The van der Waals surface area contributed by atoms with Gasteiger partial charge in [-0.05, 0) is 64.2 Å². The average molecular weight is 436 g/mol. The highest BCUT2D eigenvalue weighted by atomic mass is 32.2. The Hall–Kier alpha value is -2.55. The van der Waals surface area contributed by atoms with Crippen LogP contribution in [0.25, 0.3) is 0 Å². The van der Waals surface area contributed by atoms with Crippen LogP contribution in [-0.2, 0) is 21.2 Å². The number of ether oxygens (including phenoxy) is 2. The van der Waals surface area contributed by atoms with Crippen molar-refractivity contribution in [3.05, 3.63) is 41.0 Å². The van der Waals surface area contributed by atoms with E-state index in [1.807, 2.05) is 26.8 Å². The zero-order valence-corrected chi connectivity index (χ0v) is 19.1. The number of nitrogens with one attached hydrogen (secondary N) is 1. The number of aryl methyl sites for hydroxylation is 1. The van der Waals surface area contributed by atoms with E-state index < -0.39 is 21.7 Å². The number of hydrogen-bond acceptors (Lipinski definition) is 6. The Balaban J connectivity index is 2.03. The first-order valence-corrected chi connectivity index (χ1v) is 11.8. The van der Waals surface area contributed by atoms with Gasteiger partial charge in [0.15, 0.2) is 0 Å². The number of carbonyl (C=O) groups is 1. The van der Waals surface area contributed by atoms with E-state index in [4.69, 9.17) is 9.47 Å². The first-order chi connectivity index (χ1) is 13.9. The van der Waals surface area contributed by atoms with Crippen LogP contribution >= 0.6 is 0 Å². The predicted octanol–water partition coefficient (Wildman–Crippen LogP) is 3.82. The van der Waals surface area contributed by atoms with Crippen molar-refractivity contribution in [2.24, 2.45) is 0 Å². The molecule has 1 heterocycles. The molecular weight excluding hydrogens is 406 g/mol. The molecule has 0 fully saturated rings. The summed E-state index contributed by atoms with van der Waals surface area (Å²) in [5.74, 6) is 0.979. The molecule has 3 rings (SSSR count). The van der Waals surface area contributed by atoms with Crippen LogP contribution in [0.1, 0.15) is 62.2 Å². The summed E-state index contributed by atoms with van der Waals surface area (Å²) in [4.78, 5) is 17.1. The molecule has 1 aliphatic carbocycles. The molecule has 0 aliphatic heterocycles. The van der Waals surface area contributed by atoms with Crippen LogP contribution in [0.4, 0.5) is 10.5 Å². The van der Waals surface area contributed by atoms with Gasteiger partial charge in [0.2, 0.25) is 10.0 Å². The van der Waals surface area contributed by atoms with E-state index >= 15 is 0 Å². The van der Waals surface area contributed by atoms with Gasteiger partial charge in [-0.25, -0.2) is 22.8 Å². The van der Waals surface area contributed by atoms with Gasteiger partial charge in [-0.2, -0.15) is 0 Å². The largest absolute Gasteiger partial charge is 0.495 e. The summed E-state index contributed by atoms with van der Waals surface area (Å²) in [5, 5.41) is 0. The number of methoxy groups -OCH3 is 1. The highest BCUT2D eigenvalue weighted by Gasteiger charge is 2.29. The molecule has 1 N–H and O–H groups in total. The normalized spacial score (nSPS) is 16.7. The van der Waals surface area contributed by atoms with Gasteiger partial charge >= 0.3 is 6.09 Å². The minimum Gasteiger partial charge on any atom is -0.495 e. The molecule has 164 valence electrons. The van der Waals surface area contributed by atoms with E-state index in [0.717, 1.165) is 42.3 Å². The highest BCUT2D eigenvalue weighted by molar-refractivity contribution is 7.92. The summed E-state index contributed by atoms with van der Waals surface area (Å²) in [6, 6.07) is 3.72. The van der Waals surface area contributed by atoms with Gasteiger partial charge in [0.25, 0.3) is 0 Å². The second-order valence-electron chi connectivity index (χ2n) is 8.59.